The van der Waals surface area contributed by atoms with Gasteiger partial charge in [0, 0.05) is 12.6 Å². The lowest BCUT2D eigenvalue weighted by Crippen LogP contribution is -2.50. The molecule has 1 aromatic rings. The second-order valence-electron chi connectivity index (χ2n) is 6.91. The number of urea groups is 1. The number of carbonyl (C=O) groups is 1. The van der Waals surface area contributed by atoms with Crippen molar-refractivity contribution in [1.82, 2.24) is 10.2 Å². The highest BCUT2D eigenvalue weighted by atomic mass is 16.3. The van der Waals surface area contributed by atoms with E-state index in [0.29, 0.717) is 19.0 Å². The largest absolute Gasteiger partial charge is 0.389 e. The molecule has 1 saturated carbocycles. The molecule has 2 N–H and O–H groups in total. The molecule has 1 aliphatic carbocycles. The van der Waals surface area contributed by atoms with Crippen LogP contribution in [0.25, 0.3) is 0 Å². The van der Waals surface area contributed by atoms with Gasteiger partial charge in [0.15, 0.2) is 0 Å². The van der Waals surface area contributed by atoms with Crippen molar-refractivity contribution in [3.63, 3.8) is 0 Å². The molecule has 1 unspecified atom stereocenters. The number of amides is 2. The average Bonchev–Trinajstić information content (AvgIpc) is 3.28. The summed E-state index contributed by atoms with van der Waals surface area (Å²) in [7, 11) is 0. The molecule has 4 nitrogen and oxygen atoms in total. The van der Waals surface area contributed by atoms with Crippen molar-refractivity contribution >= 4 is 6.03 Å². The van der Waals surface area contributed by atoms with Gasteiger partial charge in [-0.05, 0) is 51.5 Å². The van der Waals surface area contributed by atoms with Crippen LogP contribution in [-0.4, -0.2) is 40.8 Å². The highest BCUT2D eigenvalue weighted by Gasteiger charge is 2.33. The van der Waals surface area contributed by atoms with Crippen LogP contribution in [0.15, 0.2) is 30.3 Å². The Bertz CT molecular complexity index is 478. The van der Waals surface area contributed by atoms with Gasteiger partial charge in [-0.1, -0.05) is 30.3 Å². The van der Waals surface area contributed by atoms with Crippen LogP contribution in [-0.2, 0) is 6.42 Å². The Hall–Kier alpha value is -1.55. The molecular formula is C18H28N2O2. The Morgan fingerprint density at radius 2 is 2.00 bits per heavy atom. The van der Waals surface area contributed by atoms with Gasteiger partial charge in [-0.2, -0.15) is 0 Å². The molecule has 0 saturated heterocycles. The van der Waals surface area contributed by atoms with E-state index in [2.05, 4.69) is 17.4 Å². The molecule has 2 amide bonds. The first-order chi connectivity index (χ1) is 10.4. The molecule has 0 aliphatic heterocycles. The van der Waals surface area contributed by atoms with Gasteiger partial charge in [0.25, 0.3) is 0 Å². The molecule has 0 radical (unpaired) electrons. The molecule has 22 heavy (non-hydrogen) atoms. The van der Waals surface area contributed by atoms with E-state index in [1.807, 2.05) is 25.1 Å². The number of nitrogens with one attached hydrogen (secondary N) is 1. The second-order valence-corrected chi connectivity index (χ2v) is 6.91. The normalized spacial score (nSPS) is 16.2. The molecule has 0 bridgehead atoms. The van der Waals surface area contributed by atoms with Gasteiger partial charge in [-0.3, -0.25) is 0 Å². The Morgan fingerprint density at radius 3 is 2.50 bits per heavy atom. The molecule has 1 atom stereocenters. The highest BCUT2D eigenvalue weighted by molar-refractivity contribution is 5.74. The molecule has 1 fully saturated rings. The van der Waals surface area contributed by atoms with Crippen molar-refractivity contribution < 1.29 is 9.90 Å². The Balaban J connectivity index is 1.96. The van der Waals surface area contributed by atoms with E-state index in [9.17, 15) is 9.90 Å². The monoisotopic (exact) mass is 304 g/mol. The molecule has 122 valence electrons. The smallest absolute Gasteiger partial charge is 0.317 e. The van der Waals surface area contributed by atoms with E-state index in [1.54, 1.807) is 18.7 Å². The summed E-state index contributed by atoms with van der Waals surface area (Å²) in [5.41, 5.74) is 0.382. The number of hydrogen-bond acceptors (Lipinski definition) is 2. The van der Waals surface area contributed by atoms with E-state index in [4.69, 9.17) is 0 Å². The summed E-state index contributed by atoms with van der Waals surface area (Å²) >= 11 is 0. The number of benzene rings is 1. The zero-order valence-electron chi connectivity index (χ0n) is 13.9. The second kappa shape index (κ2) is 7.14. The minimum absolute atomic E-state index is 0.0718. The maximum absolute atomic E-state index is 12.5. The van der Waals surface area contributed by atoms with Gasteiger partial charge in [0.2, 0.25) is 0 Å². The summed E-state index contributed by atoms with van der Waals surface area (Å²) in [5.74, 6) is 0.588. The third kappa shape index (κ3) is 5.34. The maximum atomic E-state index is 12.5. The van der Waals surface area contributed by atoms with Crippen LogP contribution in [0.4, 0.5) is 4.79 Å². The van der Waals surface area contributed by atoms with E-state index >= 15 is 0 Å². The molecule has 1 aliphatic rings. The fraction of sp³-hybridized carbons (Fsp3) is 0.611. The Morgan fingerprint density at radius 1 is 1.36 bits per heavy atom. The van der Waals surface area contributed by atoms with E-state index in [0.717, 1.165) is 6.42 Å². The van der Waals surface area contributed by atoms with Crippen LogP contribution in [0.5, 0.6) is 0 Å². The predicted molar refractivity (Wildman–Crippen MR) is 88.7 cm³/mol. The van der Waals surface area contributed by atoms with Crippen molar-refractivity contribution in [3.05, 3.63) is 35.9 Å². The average molecular weight is 304 g/mol. The highest BCUT2D eigenvalue weighted by Crippen LogP contribution is 2.34. The number of likely N-dealkylation sites (N-methyl/N-ethyl adjacent to an activating group) is 1. The SMILES string of the molecule is CCN(CC(C)(C)O)C(=O)NC(Cc1ccccc1)C1CC1. The van der Waals surface area contributed by atoms with Gasteiger partial charge in [0.05, 0.1) is 12.1 Å². The van der Waals surface area contributed by atoms with Crippen molar-refractivity contribution in [2.45, 2.75) is 51.7 Å². The molecule has 0 heterocycles. The summed E-state index contributed by atoms with van der Waals surface area (Å²) in [6.45, 7) is 6.34. The topological polar surface area (TPSA) is 52.6 Å². The van der Waals surface area contributed by atoms with Gasteiger partial charge in [0.1, 0.15) is 0 Å². The fourth-order valence-electron chi connectivity index (χ4n) is 2.75. The van der Waals surface area contributed by atoms with E-state index in [1.165, 1.54) is 18.4 Å². The Kier molecular flexibility index (Phi) is 5.46. The number of aliphatic hydroxyl groups is 1. The fourth-order valence-corrected chi connectivity index (χ4v) is 2.75. The summed E-state index contributed by atoms with van der Waals surface area (Å²) in [6, 6.07) is 10.4. The van der Waals surface area contributed by atoms with E-state index in [-0.39, 0.29) is 12.1 Å². The zero-order valence-corrected chi connectivity index (χ0v) is 13.9. The quantitative estimate of drug-likeness (QED) is 0.814. The zero-order chi connectivity index (χ0) is 16.2. The first-order valence-electron chi connectivity index (χ1n) is 8.21. The molecule has 1 aromatic carbocycles. The molecule has 0 aromatic heterocycles. The summed E-state index contributed by atoms with van der Waals surface area (Å²) < 4.78 is 0. The number of hydrogen-bond donors (Lipinski definition) is 2. The first-order valence-corrected chi connectivity index (χ1v) is 8.21. The first kappa shape index (κ1) is 16.8. The standard InChI is InChI=1S/C18H28N2O2/c1-4-20(13-18(2,3)22)17(21)19-16(15-10-11-15)12-14-8-6-5-7-9-14/h5-9,15-16,22H,4,10-13H2,1-3H3,(H,19,21). The van der Waals surface area contributed by atoms with Gasteiger partial charge < -0.3 is 15.3 Å². The summed E-state index contributed by atoms with van der Waals surface area (Å²) in [4.78, 5) is 14.2. The molecule has 2 rings (SSSR count). The Labute approximate surface area is 133 Å². The lowest BCUT2D eigenvalue weighted by Gasteiger charge is -2.30. The van der Waals surface area contributed by atoms with Crippen LogP contribution in [0.3, 0.4) is 0 Å². The van der Waals surface area contributed by atoms with Crippen LogP contribution >= 0.6 is 0 Å². The van der Waals surface area contributed by atoms with Gasteiger partial charge in [-0.15, -0.1) is 0 Å². The number of nitrogens with zero attached hydrogens (tertiary/aromatic N) is 1. The van der Waals surface area contributed by atoms with Crippen molar-refractivity contribution in [3.8, 4) is 0 Å². The van der Waals surface area contributed by atoms with Crippen molar-refractivity contribution in [2.24, 2.45) is 5.92 Å². The van der Waals surface area contributed by atoms with Gasteiger partial charge in [-0.25, -0.2) is 4.79 Å². The van der Waals surface area contributed by atoms with Crippen LogP contribution in [0.1, 0.15) is 39.2 Å². The predicted octanol–water partition coefficient (Wildman–Crippen LogP) is 2.81. The third-order valence-corrected chi connectivity index (χ3v) is 4.05. The molecule has 4 heteroatoms. The van der Waals surface area contributed by atoms with Crippen LogP contribution < -0.4 is 5.32 Å². The van der Waals surface area contributed by atoms with Crippen molar-refractivity contribution in [2.75, 3.05) is 13.1 Å². The minimum atomic E-state index is -0.873. The minimum Gasteiger partial charge on any atom is -0.389 e. The summed E-state index contributed by atoms with van der Waals surface area (Å²) in [5, 5.41) is 13.1. The van der Waals surface area contributed by atoms with E-state index < -0.39 is 5.60 Å². The lowest BCUT2D eigenvalue weighted by atomic mass is 10.0. The summed E-state index contributed by atoms with van der Waals surface area (Å²) in [6.07, 6.45) is 3.25. The lowest BCUT2D eigenvalue weighted by molar-refractivity contribution is 0.0474. The third-order valence-electron chi connectivity index (χ3n) is 4.05. The maximum Gasteiger partial charge on any atom is 0.317 e. The van der Waals surface area contributed by atoms with Crippen molar-refractivity contribution in [1.29, 1.82) is 0 Å². The molecule has 0 spiro atoms. The number of carbonyl (C=O) groups excluding carboxylic acids is 1. The van der Waals surface area contributed by atoms with Crippen LogP contribution in [0, 0.1) is 5.92 Å². The molecular weight excluding hydrogens is 276 g/mol. The number of rotatable bonds is 7. The van der Waals surface area contributed by atoms with Gasteiger partial charge >= 0.3 is 6.03 Å². The van der Waals surface area contributed by atoms with Crippen LogP contribution in [0.2, 0.25) is 0 Å².